The van der Waals surface area contributed by atoms with Gasteiger partial charge in [-0.1, -0.05) is 17.7 Å². The highest BCUT2D eigenvalue weighted by Crippen LogP contribution is 2.44. The van der Waals surface area contributed by atoms with E-state index in [2.05, 4.69) is 4.98 Å². The highest BCUT2D eigenvalue weighted by molar-refractivity contribution is 6.61. The van der Waals surface area contributed by atoms with E-state index in [0.29, 0.717) is 10.7 Å². The molecule has 6 heteroatoms. The molecule has 0 amide bonds. The van der Waals surface area contributed by atoms with Crippen LogP contribution in [0.15, 0.2) is 12.1 Å². The van der Waals surface area contributed by atoms with Gasteiger partial charge in [0.25, 0.3) is 0 Å². The third-order valence-electron chi connectivity index (χ3n) is 4.69. The van der Waals surface area contributed by atoms with Crippen LogP contribution in [0.2, 0.25) is 5.15 Å². The standard InChI is InChI=1S/C14H20BClN2O2/c1-12(2)13(3,4)20-15(19-12)10-6-5-9(11(16)18-10)14(17)7-8-14/h5-6H,7-8,17H2,1-4H3. The Hall–Kier alpha value is -0.615. The van der Waals surface area contributed by atoms with Crippen molar-refractivity contribution in [3.05, 3.63) is 22.8 Å². The van der Waals surface area contributed by atoms with E-state index >= 15 is 0 Å². The molecule has 0 radical (unpaired) electrons. The van der Waals surface area contributed by atoms with Crippen molar-refractivity contribution in [1.82, 2.24) is 4.98 Å². The number of halogens is 1. The Morgan fingerprint density at radius 2 is 1.70 bits per heavy atom. The smallest absolute Gasteiger partial charge is 0.398 e. The molecule has 2 N–H and O–H groups in total. The van der Waals surface area contributed by atoms with Crippen LogP contribution in [0.3, 0.4) is 0 Å². The summed E-state index contributed by atoms with van der Waals surface area (Å²) in [7, 11) is -0.487. The molecule has 1 saturated heterocycles. The van der Waals surface area contributed by atoms with Gasteiger partial charge in [-0.05, 0) is 46.6 Å². The van der Waals surface area contributed by atoms with Crippen molar-refractivity contribution in [1.29, 1.82) is 0 Å². The molecular formula is C14H20BClN2O2. The lowest BCUT2D eigenvalue weighted by Crippen LogP contribution is -2.41. The summed E-state index contributed by atoms with van der Waals surface area (Å²) in [5, 5.41) is 0.456. The van der Waals surface area contributed by atoms with Gasteiger partial charge in [0, 0.05) is 11.1 Å². The van der Waals surface area contributed by atoms with Crippen LogP contribution in [0.25, 0.3) is 0 Å². The molecule has 0 spiro atoms. The van der Waals surface area contributed by atoms with E-state index in [1.165, 1.54) is 0 Å². The Balaban J connectivity index is 1.88. The molecule has 2 fully saturated rings. The van der Waals surface area contributed by atoms with Crippen molar-refractivity contribution in [3.63, 3.8) is 0 Å². The Morgan fingerprint density at radius 3 is 2.15 bits per heavy atom. The van der Waals surface area contributed by atoms with Gasteiger partial charge in [-0.25, -0.2) is 4.98 Å². The number of rotatable bonds is 2. The molecule has 1 saturated carbocycles. The number of hydrogen-bond acceptors (Lipinski definition) is 4. The predicted octanol–water partition coefficient (Wildman–Crippen LogP) is 1.98. The molecule has 4 nitrogen and oxygen atoms in total. The van der Waals surface area contributed by atoms with Gasteiger partial charge in [0.2, 0.25) is 0 Å². The summed E-state index contributed by atoms with van der Waals surface area (Å²) in [5.74, 6) is 0. The zero-order chi connectivity index (χ0) is 14.8. The van der Waals surface area contributed by atoms with Crippen molar-refractivity contribution < 1.29 is 9.31 Å². The van der Waals surface area contributed by atoms with Crippen molar-refractivity contribution in [2.75, 3.05) is 0 Å². The normalized spacial score (nSPS) is 25.8. The Morgan fingerprint density at radius 1 is 1.15 bits per heavy atom. The van der Waals surface area contributed by atoms with Crippen LogP contribution in [0.4, 0.5) is 0 Å². The third kappa shape index (κ3) is 2.17. The van der Waals surface area contributed by atoms with Crippen molar-refractivity contribution in [2.24, 2.45) is 5.73 Å². The van der Waals surface area contributed by atoms with Crippen molar-refractivity contribution >= 4 is 24.3 Å². The second-order valence-corrected chi connectivity index (χ2v) is 7.18. The molecule has 2 heterocycles. The SMILES string of the molecule is CC1(C)OB(c2ccc(C3(N)CC3)c(Cl)n2)OC1(C)C. The van der Waals surface area contributed by atoms with Gasteiger partial charge in [0.1, 0.15) is 5.15 Å². The number of nitrogens with zero attached hydrogens (tertiary/aromatic N) is 1. The number of nitrogens with two attached hydrogens (primary N) is 1. The second-order valence-electron chi connectivity index (χ2n) is 6.82. The summed E-state index contributed by atoms with van der Waals surface area (Å²) in [6.45, 7) is 8.06. The molecule has 0 unspecified atom stereocenters. The lowest BCUT2D eigenvalue weighted by Gasteiger charge is -2.32. The summed E-state index contributed by atoms with van der Waals surface area (Å²) < 4.78 is 11.9. The van der Waals surface area contributed by atoms with E-state index in [1.54, 1.807) is 0 Å². The first kappa shape index (κ1) is 14.3. The largest absolute Gasteiger partial charge is 0.514 e. The highest BCUT2D eigenvalue weighted by Gasteiger charge is 2.52. The highest BCUT2D eigenvalue weighted by atomic mass is 35.5. The quantitative estimate of drug-likeness (QED) is 0.669. The topological polar surface area (TPSA) is 57.4 Å². The zero-order valence-electron chi connectivity index (χ0n) is 12.4. The summed E-state index contributed by atoms with van der Waals surface area (Å²) in [5.41, 5.74) is 6.75. The van der Waals surface area contributed by atoms with Crippen LogP contribution in [-0.2, 0) is 14.8 Å². The molecule has 3 rings (SSSR count). The molecule has 1 aromatic rings. The van der Waals surface area contributed by atoms with Crippen LogP contribution in [0, 0.1) is 0 Å². The fourth-order valence-electron chi connectivity index (χ4n) is 2.32. The Kier molecular flexibility index (Phi) is 3.01. The van der Waals surface area contributed by atoms with E-state index in [0.717, 1.165) is 18.4 Å². The fourth-order valence-corrected chi connectivity index (χ4v) is 2.67. The van der Waals surface area contributed by atoms with Gasteiger partial charge in [0.15, 0.2) is 0 Å². The Bertz CT molecular complexity index is 542. The predicted molar refractivity (Wildman–Crippen MR) is 80.1 cm³/mol. The molecule has 1 aliphatic heterocycles. The van der Waals surface area contributed by atoms with Gasteiger partial charge in [-0.2, -0.15) is 0 Å². The van der Waals surface area contributed by atoms with Gasteiger partial charge >= 0.3 is 7.12 Å². The van der Waals surface area contributed by atoms with Gasteiger partial charge in [0.05, 0.1) is 16.8 Å². The molecule has 0 aromatic carbocycles. The van der Waals surface area contributed by atoms with Crippen LogP contribution < -0.4 is 11.3 Å². The van der Waals surface area contributed by atoms with Crippen LogP contribution in [0.5, 0.6) is 0 Å². The summed E-state index contributed by atoms with van der Waals surface area (Å²) in [6.07, 6.45) is 1.93. The molecule has 20 heavy (non-hydrogen) atoms. The minimum absolute atomic E-state index is 0.279. The van der Waals surface area contributed by atoms with E-state index in [-0.39, 0.29) is 16.7 Å². The monoisotopic (exact) mass is 294 g/mol. The van der Waals surface area contributed by atoms with Crippen LogP contribution in [-0.4, -0.2) is 23.3 Å². The first-order chi connectivity index (χ1) is 9.15. The number of hydrogen-bond donors (Lipinski definition) is 1. The van der Waals surface area contributed by atoms with Gasteiger partial charge < -0.3 is 15.0 Å². The average molecular weight is 295 g/mol. The van der Waals surface area contributed by atoms with E-state index in [9.17, 15) is 0 Å². The van der Waals surface area contributed by atoms with E-state index in [1.807, 2.05) is 39.8 Å². The zero-order valence-corrected chi connectivity index (χ0v) is 13.1. The summed E-state index contributed by atoms with van der Waals surface area (Å²) in [6, 6.07) is 3.85. The van der Waals surface area contributed by atoms with Crippen LogP contribution in [0.1, 0.15) is 46.1 Å². The molecule has 1 aromatic heterocycles. The number of pyridine rings is 1. The minimum Gasteiger partial charge on any atom is -0.398 e. The third-order valence-corrected chi connectivity index (χ3v) is 4.98. The molecule has 108 valence electrons. The minimum atomic E-state index is -0.487. The first-order valence-corrected chi connectivity index (χ1v) is 7.34. The first-order valence-electron chi connectivity index (χ1n) is 6.96. The lowest BCUT2D eigenvalue weighted by molar-refractivity contribution is 0.00578. The maximum atomic E-state index is 6.27. The fraction of sp³-hybridized carbons (Fsp3) is 0.643. The van der Waals surface area contributed by atoms with E-state index < -0.39 is 7.12 Å². The molecule has 1 aliphatic carbocycles. The maximum absolute atomic E-state index is 6.27. The average Bonchev–Trinajstić information content (AvgIpc) is 3.01. The molecule has 0 atom stereocenters. The molecular weight excluding hydrogens is 274 g/mol. The molecule has 0 bridgehead atoms. The summed E-state index contributed by atoms with van der Waals surface area (Å²) >= 11 is 6.27. The van der Waals surface area contributed by atoms with E-state index in [4.69, 9.17) is 26.6 Å². The lowest BCUT2D eigenvalue weighted by atomic mass is 9.84. The Labute approximate surface area is 125 Å². The second kappa shape index (κ2) is 4.20. The van der Waals surface area contributed by atoms with Gasteiger partial charge in [-0.3, -0.25) is 0 Å². The summed E-state index contributed by atoms with van der Waals surface area (Å²) in [4.78, 5) is 4.43. The van der Waals surface area contributed by atoms with Crippen molar-refractivity contribution in [2.45, 2.75) is 57.3 Å². The number of aromatic nitrogens is 1. The van der Waals surface area contributed by atoms with Crippen molar-refractivity contribution in [3.8, 4) is 0 Å². The maximum Gasteiger partial charge on any atom is 0.514 e. The van der Waals surface area contributed by atoms with Gasteiger partial charge in [-0.15, -0.1) is 0 Å². The molecule has 2 aliphatic rings. The van der Waals surface area contributed by atoms with Crippen LogP contribution >= 0.6 is 11.6 Å².